The Morgan fingerprint density at radius 1 is 1.26 bits per heavy atom. The highest BCUT2D eigenvalue weighted by molar-refractivity contribution is 6.59. The van der Waals surface area contributed by atoms with E-state index in [0.29, 0.717) is 12.1 Å². The van der Waals surface area contributed by atoms with Crippen molar-refractivity contribution < 1.29 is 23.2 Å². The number of alkyl halides is 3. The lowest BCUT2D eigenvalue weighted by Crippen LogP contribution is -2.37. The van der Waals surface area contributed by atoms with Gasteiger partial charge in [0.1, 0.15) is 0 Å². The summed E-state index contributed by atoms with van der Waals surface area (Å²) in [6.07, 6.45) is -2.73. The molecular formula is C12H15BF3NO2. The van der Waals surface area contributed by atoms with Gasteiger partial charge in [-0.1, -0.05) is 18.2 Å². The minimum atomic E-state index is -4.58. The summed E-state index contributed by atoms with van der Waals surface area (Å²) >= 11 is 0. The summed E-state index contributed by atoms with van der Waals surface area (Å²) in [5, 5.41) is 21.4. The van der Waals surface area contributed by atoms with E-state index in [2.05, 4.69) is 5.32 Å². The average molecular weight is 273 g/mol. The molecule has 0 spiro atoms. The van der Waals surface area contributed by atoms with Crippen LogP contribution >= 0.6 is 0 Å². The Labute approximate surface area is 109 Å². The molecule has 1 aliphatic heterocycles. The van der Waals surface area contributed by atoms with Gasteiger partial charge in [0.2, 0.25) is 0 Å². The van der Waals surface area contributed by atoms with Gasteiger partial charge in [-0.05, 0) is 36.3 Å². The third-order valence-corrected chi connectivity index (χ3v) is 3.43. The van der Waals surface area contributed by atoms with Gasteiger partial charge in [-0.3, -0.25) is 0 Å². The van der Waals surface area contributed by atoms with E-state index in [4.69, 9.17) is 10.0 Å². The van der Waals surface area contributed by atoms with Crippen LogP contribution in [0.5, 0.6) is 0 Å². The molecule has 0 aromatic heterocycles. The molecular weight excluding hydrogens is 258 g/mol. The van der Waals surface area contributed by atoms with Crippen molar-refractivity contribution in [1.82, 2.24) is 5.32 Å². The summed E-state index contributed by atoms with van der Waals surface area (Å²) in [4.78, 5) is 0. The van der Waals surface area contributed by atoms with Crippen LogP contribution in [0.2, 0.25) is 0 Å². The van der Waals surface area contributed by atoms with Crippen LogP contribution in [0, 0.1) is 0 Å². The summed E-state index contributed by atoms with van der Waals surface area (Å²) in [6.45, 7) is 1.61. The third kappa shape index (κ3) is 3.29. The number of piperidine rings is 1. The molecule has 1 atom stereocenters. The van der Waals surface area contributed by atoms with Crippen LogP contribution in [-0.2, 0) is 6.18 Å². The normalized spacial score (nSPS) is 20.4. The summed E-state index contributed by atoms with van der Waals surface area (Å²) in [5.74, 6) is 0.119. The molecule has 0 aliphatic carbocycles. The van der Waals surface area contributed by atoms with Gasteiger partial charge in [-0.2, -0.15) is 13.2 Å². The first-order chi connectivity index (χ1) is 8.89. The smallest absolute Gasteiger partial charge is 0.423 e. The first-order valence-electron chi connectivity index (χ1n) is 6.17. The van der Waals surface area contributed by atoms with Crippen molar-refractivity contribution in [2.75, 3.05) is 13.1 Å². The molecule has 1 saturated heterocycles. The fraction of sp³-hybridized carbons (Fsp3) is 0.500. The highest BCUT2D eigenvalue weighted by atomic mass is 19.4. The fourth-order valence-electron chi connectivity index (χ4n) is 2.44. The van der Waals surface area contributed by atoms with Gasteiger partial charge in [0.05, 0.1) is 5.56 Å². The molecule has 1 aromatic rings. The number of hydrogen-bond acceptors (Lipinski definition) is 3. The lowest BCUT2D eigenvalue weighted by atomic mass is 9.74. The molecule has 1 fully saturated rings. The maximum absolute atomic E-state index is 12.7. The Hall–Kier alpha value is -1.05. The predicted octanol–water partition coefficient (Wildman–Crippen LogP) is 0.852. The highest BCUT2D eigenvalue weighted by Crippen LogP contribution is 2.30. The van der Waals surface area contributed by atoms with E-state index in [1.54, 1.807) is 0 Å². The standard InChI is InChI=1S/C12H15BF3NO2/c14-12(15,16)10-4-3-8(6-11(10)13(18)19)9-2-1-5-17-7-9/h3-4,6,9,17-19H,1-2,5,7H2. The zero-order chi connectivity index (χ0) is 14.0. The number of hydrogen-bond donors (Lipinski definition) is 3. The summed E-state index contributed by atoms with van der Waals surface area (Å²) in [6, 6.07) is 3.61. The topological polar surface area (TPSA) is 52.5 Å². The second-order valence-electron chi connectivity index (χ2n) is 4.76. The predicted molar refractivity (Wildman–Crippen MR) is 66.1 cm³/mol. The van der Waals surface area contributed by atoms with E-state index in [0.717, 1.165) is 25.5 Å². The Kier molecular flexibility index (Phi) is 4.18. The van der Waals surface area contributed by atoms with Crippen LogP contribution in [-0.4, -0.2) is 30.3 Å². The van der Waals surface area contributed by atoms with Crippen molar-refractivity contribution in [2.24, 2.45) is 0 Å². The van der Waals surface area contributed by atoms with Gasteiger partial charge >= 0.3 is 13.3 Å². The number of benzene rings is 1. The lowest BCUT2D eigenvalue weighted by Gasteiger charge is -2.24. The van der Waals surface area contributed by atoms with Crippen LogP contribution in [0.15, 0.2) is 18.2 Å². The Balaban J connectivity index is 2.35. The van der Waals surface area contributed by atoms with Crippen LogP contribution in [0.1, 0.15) is 29.9 Å². The molecule has 1 aliphatic rings. The maximum atomic E-state index is 12.7. The molecule has 19 heavy (non-hydrogen) atoms. The van der Waals surface area contributed by atoms with Crippen LogP contribution in [0.25, 0.3) is 0 Å². The van der Waals surface area contributed by atoms with Gasteiger partial charge in [0, 0.05) is 6.54 Å². The summed E-state index contributed by atoms with van der Waals surface area (Å²) in [7, 11) is -2.12. The van der Waals surface area contributed by atoms with Gasteiger partial charge in [-0.15, -0.1) is 0 Å². The van der Waals surface area contributed by atoms with Gasteiger partial charge in [0.25, 0.3) is 0 Å². The third-order valence-electron chi connectivity index (χ3n) is 3.43. The van der Waals surface area contributed by atoms with E-state index < -0.39 is 24.3 Å². The van der Waals surface area contributed by atoms with Crippen LogP contribution in [0.3, 0.4) is 0 Å². The quantitative estimate of drug-likeness (QED) is 0.700. The molecule has 3 nitrogen and oxygen atoms in total. The second kappa shape index (κ2) is 5.52. The lowest BCUT2D eigenvalue weighted by molar-refractivity contribution is -0.136. The molecule has 0 amide bonds. The Morgan fingerprint density at radius 3 is 2.53 bits per heavy atom. The molecule has 0 bridgehead atoms. The number of rotatable bonds is 2. The van der Waals surface area contributed by atoms with E-state index >= 15 is 0 Å². The molecule has 3 N–H and O–H groups in total. The summed E-state index contributed by atoms with van der Waals surface area (Å²) in [5.41, 5.74) is -0.756. The van der Waals surface area contributed by atoms with E-state index in [-0.39, 0.29) is 5.92 Å². The Morgan fingerprint density at radius 2 is 2.00 bits per heavy atom. The molecule has 1 unspecified atom stereocenters. The van der Waals surface area contributed by atoms with Gasteiger partial charge < -0.3 is 15.4 Å². The molecule has 0 radical (unpaired) electrons. The summed E-state index contributed by atoms with van der Waals surface area (Å²) < 4.78 is 38.2. The largest absolute Gasteiger partial charge is 0.489 e. The Bertz CT molecular complexity index is 445. The van der Waals surface area contributed by atoms with E-state index in [1.807, 2.05) is 0 Å². The second-order valence-corrected chi connectivity index (χ2v) is 4.76. The molecule has 1 heterocycles. The van der Waals surface area contributed by atoms with E-state index in [1.165, 1.54) is 12.1 Å². The average Bonchev–Trinajstić information content (AvgIpc) is 2.38. The molecule has 104 valence electrons. The highest BCUT2D eigenvalue weighted by Gasteiger charge is 2.36. The van der Waals surface area contributed by atoms with Crippen molar-refractivity contribution in [3.8, 4) is 0 Å². The van der Waals surface area contributed by atoms with E-state index in [9.17, 15) is 13.2 Å². The van der Waals surface area contributed by atoms with Crippen molar-refractivity contribution in [3.05, 3.63) is 29.3 Å². The van der Waals surface area contributed by atoms with Crippen LogP contribution < -0.4 is 10.8 Å². The van der Waals surface area contributed by atoms with Gasteiger partial charge in [0.15, 0.2) is 0 Å². The molecule has 2 rings (SSSR count). The first kappa shape index (κ1) is 14.4. The zero-order valence-corrected chi connectivity index (χ0v) is 10.2. The maximum Gasteiger partial charge on any atom is 0.489 e. The first-order valence-corrected chi connectivity index (χ1v) is 6.17. The van der Waals surface area contributed by atoms with Gasteiger partial charge in [-0.25, -0.2) is 0 Å². The van der Waals surface area contributed by atoms with Crippen LogP contribution in [0.4, 0.5) is 13.2 Å². The van der Waals surface area contributed by atoms with Crippen molar-refractivity contribution in [1.29, 1.82) is 0 Å². The molecule has 7 heteroatoms. The van der Waals surface area contributed by atoms with Crippen molar-refractivity contribution >= 4 is 12.6 Å². The fourth-order valence-corrected chi connectivity index (χ4v) is 2.44. The minimum absolute atomic E-state index is 0.119. The van der Waals surface area contributed by atoms with Crippen molar-refractivity contribution in [2.45, 2.75) is 24.9 Å². The molecule has 1 aromatic carbocycles. The SMILES string of the molecule is OB(O)c1cc(C2CCCNC2)ccc1C(F)(F)F. The minimum Gasteiger partial charge on any atom is -0.423 e. The monoisotopic (exact) mass is 273 g/mol. The number of halogens is 3. The number of nitrogens with one attached hydrogen (secondary N) is 1. The van der Waals surface area contributed by atoms with Crippen molar-refractivity contribution in [3.63, 3.8) is 0 Å². The molecule has 0 saturated carbocycles. The zero-order valence-electron chi connectivity index (χ0n) is 10.2.